The first-order chi connectivity index (χ1) is 6.89. The van der Waals surface area contributed by atoms with Crippen LogP contribution in [0.2, 0.25) is 0 Å². The van der Waals surface area contributed by atoms with Gasteiger partial charge in [0.1, 0.15) is 0 Å². The largest absolute Gasteiger partial charge is 1.00 e. The molecule has 80 valence electrons. The summed E-state index contributed by atoms with van der Waals surface area (Å²) in [6.07, 6.45) is 1.41. The van der Waals surface area contributed by atoms with Gasteiger partial charge in [-0.3, -0.25) is 4.68 Å². The minimum absolute atomic E-state index is 0. The van der Waals surface area contributed by atoms with Crippen LogP contribution in [0.5, 0.6) is 0 Å². The van der Waals surface area contributed by atoms with Crippen LogP contribution in [0.4, 0.5) is 12.9 Å². The van der Waals surface area contributed by atoms with Crippen molar-refractivity contribution in [3.05, 3.63) is 23.9 Å². The van der Waals surface area contributed by atoms with E-state index in [2.05, 4.69) is 5.10 Å². The summed E-state index contributed by atoms with van der Waals surface area (Å²) in [5.41, 5.74) is 0.112. The van der Waals surface area contributed by atoms with Crippen LogP contribution in [0.25, 0.3) is 10.9 Å². The van der Waals surface area contributed by atoms with Crippen molar-refractivity contribution in [2.75, 3.05) is 0 Å². The van der Waals surface area contributed by atoms with Crippen LogP contribution in [-0.2, 0) is 7.05 Å². The van der Waals surface area contributed by atoms with E-state index < -0.39 is 12.4 Å². The molecule has 0 N–H and O–H groups in total. The quantitative estimate of drug-likeness (QED) is 0.592. The monoisotopic (exact) mass is 252 g/mol. The van der Waals surface area contributed by atoms with E-state index in [1.165, 1.54) is 23.9 Å². The van der Waals surface area contributed by atoms with E-state index >= 15 is 0 Å². The SMILES string of the molecule is Cc1ccc2nn(C)cc2c1[B-](F)(F)F.[K+]. The van der Waals surface area contributed by atoms with E-state index in [0.717, 1.165) is 0 Å². The first-order valence-electron chi connectivity index (χ1n) is 4.52. The fraction of sp³-hybridized carbons (Fsp3) is 0.222. The number of benzene rings is 1. The molecular formula is C9H9BF3KN2. The second-order valence-corrected chi connectivity index (χ2v) is 3.61. The van der Waals surface area contributed by atoms with Crippen molar-refractivity contribution < 1.29 is 64.3 Å². The molecule has 0 saturated carbocycles. The predicted molar refractivity (Wildman–Crippen MR) is 54.2 cm³/mol. The van der Waals surface area contributed by atoms with Crippen LogP contribution in [-0.4, -0.2) is 16.8 Å². The summed E-state index contributed by atoms with van der Waals surface area (Å²) >= 11 is 0. The van der Waals surface area contributed by atoms with Gasteiger partial charge in [-0.2, -0.15) is 5.10 Å². The maximum Gasteiger partial charge on any atom is 1.00 e. The molecular weight excluding hydrogens is 243 g/mol. The Bertz CT molecular complexity index is 521. The minimum atomic E-state index is -4.98. The second-order valence-electron chi connectivity index (χ2n) is 3.61. The zero-order valence-electron chi connectivity index (χ0n) is 9.34. The Balaban J connectivity index is 0.00000128. The molecule has 1 aromatic heterocycles. The zero-order chi connectivity index (χ0) is 11.2. The molecule has 0 saturated heterocycles. The van der Waals surface area contributed by atoms with Crippen LogP contribution in [0.15, 0.2) is 18.3 Å². The van der Waals surface area contributed by atoms with Crippen molar-refractivity contribution in [1.82, 2.24) is 9.78 Å². The van der Waals surface area contributed by atoms with E-state index in [1.807, 2.05) is 0 Å². The van der Waals surface area contributed by atoms with Gasteiger partial charge in [0, 0.05) is 13.2 Å². The van der Waals surface area contributed by atoms with Crippen LogP contribution in [0.1, 0.15) is 5.56 Å². The Labute approximate surface area is 134 Å². The smallest absolute Gasteiger partial charge is 0.445 e. The van der Waals surface area contributed by atoms with Gasteiger partial charge in [-0.1, -0.05) is 17.1 Å². The average molecular weight is 252 g/mol. The second kappa shape index (κ2) is 4.81. The Hall–Kier alpha value is 0.181. The summed E-state index contributed by atoms with van der Waals surface area (Å²) < 4.78 is 39.8. The third-order valence-corrected chi connectivity index (χ3v) is 2.39. The van der Waals surface area contributed by atoms with Gasteiger partial charge in [-0.05, 0) is 18.4 Å². The van der Waals surface area contributed by atoms with Gasteiger partial charge in [0.2, 0.25) is 0 Å². The summed E-state index contributed by atoms with van der Waals surface area (Å²) in [5.74, 6) is 0. The third kappa shape index (κ3) is 2.53. The molecule has 2 aromatic rings. The maximum absolute atomic E-state index is 12.8. The third-order valence-electron chi connectivity index (χ3n) is 2.39. The van der Waals surface area contributed by atoms with Crippen molar-refractivity contribution in [3.8, 4) is 0 Å². The van der Waals surface area contributed by atoms with E-state index in [9.17, 15) is 12.9 Å². The molecule has 0 fully saturated rings. The molecule has 0 spiro atoms. The Kier molecular flexibility index (Phi) is 4.29. The summed E-state index contributed by atoms with van der Waals surface area (Å²) in [4.78, 5) is 0. The predicted octanol–water partition coefficient (Wildman–Crippen LogP) is -1.06. The van der Waals surface area contributed by atoms with Gasteiger partial charge in [0.15, 0.2) is 0 Å². The van der Waals surface area contributed by atoms with Gasteiger partial charge in [0.05, 0.1) is 5.52 Å². The molecule has 2 rings (SSSR count). The van der Waals surface area contributed by atoms with Gasteiger partial charge in [-0.15, -0.1) is 0 Å². The molecule has 7 heteroatoms. The van der Waals surface area contributed by atoms with Crippen LogP contribution in [0.3, 0.4) is 0 Å². The summed E-state index contributed by atoms with van der Waals surface area (Å²) in [7, 11) is 1.61. The number of hydrogen-bond acceptors (Lipinski definition) is 1. The molecule has 0 aliphatic heterocycles. The molecule has 1 aromatic carbocycles. The first kappa shape index (κ1) is 14.2. The minimum Gasteiger partial charge on any atom is -0.445 e. The number of aryl methyl sites for hydroxylation is 2. The maximum atomic E-state index is 12.8. The topological polar surface area (TPSA) is 17.8 Å². The molecule has 16 heavy (non-hydrogen) atoms. The Morgan fingerprint density at radius 1 is 1.25 bits per heavy atom. The van der Waals surface area contributed by atoms with E-state index in [1.54, 1.807) is 13.1 Å². The fourth-order valence-corrected chi connectivity index (χ4v) is 1.78. The number of nitrogens with zero attached hydrogens (tertiary/aromatic N) is 2. The van der Waals surface area contributed by atoms with E-state index in [4.69, 9.17) is 0 Å². The molecule has 1 heterocycles. The molecule has 0 aliphatic carbocycles. The number of halogens is 3. The number of fused-ring (bicyclic) bond motifs is 1. The summed E-state index contributed by atoms with van der Waals surface area (Å²) in [5, 5.41) is 4.14. The van der Waals surface area contributed by atoms with Gasteiger partial charge >= 0.3 is 58.4 Å². The fourth-order valence-electron chi connectivity index (χ4n) is 1.78. The van der Waals surface area contributed by atoms with Crippen molar-refractivity contribution in [2.24, 2.45) is 7.05 Å². The standard InChI is InChI=1S/C9H9BF3N2.K/c1-6-3-4-8-7(5-15(2)14-8)9(6)10(11,12)13;/h3-5H,1-2H3;/q-1;+1. The summed E-state index contributed by atoms with van der Waals surface area (Å²) in [6, 6.07) is 3.07. The van der Waals surface area contributed by atoms with Crippen LogP contribution >= 0.6 is 0 Å². The molecule has 2 nitrogen and oxygen atoms in total. The number of rotatable bonds is 1. The van der Waals surface area contributed by atoms with Gasteiger partial charge < -0.3 is 12.9 Å². The van der Waals surface area contributed by atoms with Crippen molar-refractivity contribution >= 4 is 23.3 Å². The van der Waals surface area contributed by atoms with Crippen molar-refractivity contribution in [2.45, 2.75) is 6.92 Å². The van der Waals surface area contributed by atoms with E-state index in [-0.39, 0.29) is 62.3 Å². The number of hydrogen-bond donors (Lipinski definition) is 0. The normalized spacial score (nSPS) is 11.6. The molecule has 0 radical (unpaired) electrons. The van der Waals surface area contributed by atoms with E-state index in [0.29, 0.717) is 5.52 Å². The molecule has 0 bridgehead atoms. The molecule has 0 atom stereocenters. The van der Waals surface area contributed by atoms with Gasteiger partial charge in [0.25, 0.3) is 0 Å². The molecule has 0 amide bonds. The number of aromatic nitrogens is 2. The van der Waals surface area contributed by atoms with Crippen molar-refractivity contribution in [3.63, 3.8) is 0 Å². The Morgan fingerprint density at radius 2 is 1.88 bits per heavy atom. The summed E-state index contributed by atoms with van der Waals surface area (Å²) in [6.45, 7) is -3.51. The van der Waals surface area contributed by atoms with Crippen LogP contribution in [0, 0.1) is 6.92 Å². The zero-order valence-corrected chi connectivity index (χ0v) is 12.5. The van der Waals surface area contributed by atoms with Gasteiger partial charge in [-0.25, -0.2) is 0 Å². The Morgan fingerprint density at radius 3 is 2.44 bits per heavy atom. The van der Waals surface area contributed by atoms with Crippen LogP contribution < -0.4 is 56.8 Å². The van der Waals surface area contributed by atoms with Crippen molar-refractivity contribution in [1.29, 1.82) is 0 Å². The molecule has 0 aliphatic rings. The first-order valence-corrected chi connectivity index (χ1v) is 4.52. The average Bonchev–Trinajstić information content (AvgIpc) is 2.41. The molecule has 0 unspecified atom stereocenters.